The van der Waals surface area contributed by atoms with Crippen LogP contribution in [-0.4, -0.2) is 70.5 Å². The minimum absolute atomic E-state index is 0.0479. The number of amides is 1. The average molecular weight is 565 g/mol. The Bertz CT molecular complexity index is 1250. The number of methoxy groups -OCH3 is 2. The topological polar surface area (TPSA) is 85.4 Å². The molecule has 2 aliphatic rings. The molecule has 0 unspecified atom stereocenters. The first-order chi connectivity index (χ1) is 18.2. The van der Waals surface area contributed by atoms with Gasteiger partial charge in [0, 0.05) is 49.1 Å². The Morgan fingerprint density at radius 3 is 2.39 bits per heavy atom. The van der Waals surface area contributed by atoms with E-state index in [-0.39, 0.29) is 36.1 Å². The number of hydrogen-bond acceptors (Lipinski definition) is 6. The molecule has 0 spiro atoms. The maximum Gasteiger partial charge on any atom is 0.246 e. The molecule has 0 bridgehead atoms. The third-order valence-electron chi connectivity index (χ3n) is 7.52. The first kappa shape index (κ1) is 28.5. The standard InChI is InChI=1S/C28H37ClN2O6S/c1-21-16-23(8-10-24(21)29)37-20-28(18-27(32)30-13-5-4-6-14-30)12-7-15-31(19-28)38(33,34)26-17-22(35-2)9-11-25(26)36-3/h8-11,16-17H,4-7,12-15,18-20H2,1-3H3/t28-/m1/s1. The van der Waals surface area contributed by atoms with E-state index in [0.717, 1.165) is 37.9 Å². The van der Waals surface area contributed by atoms with E-state index in [1.165, 1.54) is 24.6 Å². The summed E-state index contributed by atoms with van der Waals surface area (Å²) >= 11 is 6.19. The number of aryl methyl sites for hydroxylation is 1. The van der Waals surface area contributed by atoms with Gasteiger partial charge in [0.25, 0.3) is 0 Å². The van der Waals surface area contributed by atoms with Crippen molar-refractivity contribution in [2.45, 2.75) is 50.3 Å². The lowest BCUT2D eigenvalue weighted by molar-refractivity contribution is -0.136. The summed E-state index contributed by atoms with van der Waals surface area (Å²) in [5.41, 5.74) is 0.208. The Hall–Kier alpha value is -2.49. The fraction of sp³-hybridized carbons (Fsp3) is 0.536. The van der Waals surface area contributed by atoms with Crippen molar-refractivity contribution in [1.82, 2.24) is 9.21 Å². The number of likely N-dealkylation sites (tertiary alicyclic amines) is 1. The molecule has 10 heteroatoms. The second kappa shape index (κ2) is 12.1. The van der Waals surface area contributed by atoms with Crippen molar-refractivity contribution in [3.05, 3.63) is 47.0 Å². The zero-order chi connectivity index (χ0) is 27.3. The van der Waals surface area contributed by atoms with Crippen molar-refractivity contribution in [3.8, 4) is 17.2 Å². The molecular weight excluding hydrogens is 528 g/mol. The molecule has 0 saturated carbocycles. The molecular formula is C28H37ClN2O6S. The minimum Gasteiger partial charge on any atom is -0.497 e. The average Bonchev–Trinajstić information content (AvgIpc) is 2.94. The van der Waals surface area contributed by atoms with Gasteiger partial charge >= 0.3 is 0 Å². The van der Waals surface area contributed by atoms with Crippen LogP contribution in [-0.2, 0) is 14.8 Å². The Morgan fingerprint density at radius 1 is 0.974 bits per heavy atom. The lowest BCUT2D eigenvalue weighted by Crippen LogP contribution is -2.51. The lowest BCUT2D eigenvalue weighted by Gasteiger charge is -2.42. The molecule has 1 atom stereocenters. The van der Waals surface area contributed by atoms with Gasteiger partial charge in [0.05, 0.1) is 20.8 Å². The van der Waals surface area contributed by atoms with Crippen LogP contribution in [0.15, 0.2) is 41.3 Å². The normalized spacial score (nSPS) is 20.7. The number of rotatable bonds is 9. The Labute approximate surface area is 230 Å². The summed E-state index contributed by atoms with van der Waals surface area (Å²) in [6.07, 6.45) is 4.64. The molecule has 2 saturated heterocycles. The monoisotopic (exact) mass is 564 g/mol. The molecule has 1 amide bonds. The number of halogens is 1. The van der Waals surface area contributed by atoms with Crippen LogP contribution in [0.4, 0.5) is 0 Å². The quantitative estimate of drug-likeness (QED) is 0.430. The lowest BCUT2D eigenvalue weighted by atomic mass is 9.78. The maximum atomic E-state index is 13.9. The third kappa shape index (κ3) is 6.38. The highest BCUT2D eigenvalue weighted by Gasteiger charge is 2.44. The van der Waals surface area contributed by atoms with Crippen LogP contribution in [0.3, 0.4) is 0 Å². The Kier molecular flexibility index (Phi) is 9.11. The predicted octanol–water partition coefficient (Wildman–Crippen LogP) is 4.92. The van der Waals surface area contributed by atoms with Crippen LogP contribution in [0.2, 0.25) is 5.02 Å². The van der Waals surface area contributed by atoms with Crippen LogP contribution in [0.5, 0.6) is 17.2 Å². The Balaban J connectivity index is 1.63. The second-order valence-electron chi connectivity index (χ2n) is 10.3. The van der Waals surface area contributed by atoms with E-state index in [0.29, 0.717) is 35.9 Å². The zero-order valence-electron chi connectivity index (χ0n) is 22.4. The molecule has 0 aliphatic carbocycles. The zero-order valence-corrected chi connectivity index (χ0v) is 23.9. The molecule has 0 N–H and O–H groups in total. The third-order valence-corrected chi connectivity index (χ3v) is 9.81. The summed E-state index contributed by atoms with van der Waals surface area (Å²) in [5.74, 6) is 1.37. The van der Waals surface area contributed by atoms with Crippen molar-refractivity contribution in [3.63, 3.8) is 0 Å². The summed E-state index contributed by atoms with van der Waals surface area (Å²) in [4.78, 5) is 15.4. The molecule has 0 radical (unpaired) electrons. The highest BCUT2D eigenvalue weighted by Crippen LogP contribution is 2.39. The number of piperidine rings is 2. The van der Waals surface area contributed by atoms with Gasteiger partial charge < -0.3 is 19.1 Å². The Morgan fingerprint density at radius 2 is 1.71 bits per heavy atom. The smallest absolute Gasteiger partial charge is 0.246 e. The molecule has 2 aromatic rings. The molecule has 2 aromatic carbocycles. The van der Waals surface area contributed by atoms with E-state index >= 15 is 0 Å². The number of benzene rings is 2. The number of hydrogen-bond donors (Lipinski definition) is 0. The molecule has 208 valence electrons. The number of ether oxygens (including phenoxy) is 3. The van der Waals surface area contributed by atoms with Gasteiger partial charge in [-0.15, -0.1) is 0 Å². The molecule has 0 aromatic heterocycles. The van der Waals surface area contributed by atoms with Crippen molar-refractivity contribution in [1.29, 1.82) is 0 Å². The fourth-order valence-corrected chi connectivity index (χ4v) is 7.20. The van der Waals surface area contributed by atoms with Gasteiger partial charge in [-0.2, -0.15) is 4.31 Å². The fourth-order valence-electron chi connectivity index (χ4n) is 5.32. The molecule has 4 rings (SSSR count). The second-order valence-corrected chi connectivity index (χ2v) is 12.6. The largest absolute Gasteiger partial charge is 0.497 e. The first-order valence-corrected chi connectivity index (χ1v) is 14.9. The summed E-state index contributed by atoms with van der Waals surface area (Å²) < 4.78 is 46.2. The van der Waals surface area contributed by atoms with Crippen molar-refractivity contribution in [2.24, 2.45) is 5.41 Å². The number of sulfonamides is 1. The summed E-state index contributed by atoms with van der Waals surface area (Å²) in [6.45, 7) is 4.13. The van der Waals surface area contributed by atoms with E-state index < -0.39 is 15.4 Å². The summed E-state index contributed by atoms with van der Waals surface area (Å²) in [5, 5.41) is 0.648. The number of carbonyl (C=O) groups is 1. The first-order valence-electron chi connectivity index (χ1n) is 13.1. The van der Waals surface area contributed by atoms with Crippen LogP contribution in [0, 0.1) is 12.3 Å². The molecule has 38 heavy (non-hydrogen) atoms. The molecule has 2 heterocycles. The molecule has 2 aliphatic heterocycles. The van der Waals surface area contributed by atoms with Crippen LogP contribution in [0.25, 0.3) is 0 Å². The van der Waals surface area contributed by atoms with Crippen molar-refractivity contribution in [2.75, 3.05) is 47.0 Å². The van der Waals surface area contributed by atoms with Crippen LogP contribution in [0.1, 0.15) is 44.1 Å². The van der Waals surface area contributed by atoms with E-state index in [9.17, 15) is 13.2 Å². The molecule has 2 fully saturated rings. The predicted molar refractivity (Wildman–Crippen MR) is 147 cm³/mol. The van der Waals surface area contributed by atoms with Gasteiger partial charge in [-0.1, -0.05) is 11.6 Å². The summed E-state index contributed by atoms with van der Waals surface area (Å²) in [6, 6.07) is 10.2. The minimum atomic E-state index is -3.93. The van der Waals surface area contributed by atoms with Gasteiger partial charge in [-0.05, 0) is 74.9 Å². The van der Waals surface area contributed by atoms with Crippen LogP contribution >= 0.6 is 11.6 Å². The number of nitrogens with zero attached hydrogens (tertiary/aromatic N) is 2. The van der Waals surface area contributed by atoms with Gasteiger partial charge in [-0.25, -0.2) is 8.42 Å². The van der Waals surface area contributed by atoms with Gasteiger partial charge in [-0.3, -0.25) is 4.79 Å². The maximum absolute atomic E-state index is 13.9. The van der Waals surface area contributed by atoms with Gasteiger partial charge in [0.2, 0.25) is 15.9 Å². The van der Waals surface area contributed by atoms with Crippen LogP contribution < -0.4 is 14.2 Å². The number of carbonyl (C=O) groups excluding carboxylic acids is 1. The van der Waals surface area contributed by atoms with Gasteiger partial charge in [0.1, 0.15) is 22.1 Å². The van der Waals surface area contributed by atoms with Gasteiger partial charge in [0.15, 0.2) is 0 Å². The molecule has 8 nitrogen and oxygen atoms in total. The summed E-state index contributed by atoms with van der Waals surface area (Å²) in [7, 11) is -0.997. The van der Waals surface area contributed by atoms with E-state index in [1.54, 1.807) is 24.3 Å². The van der Waals surface area contributed by atoms with Crippen molar-refractivity contribution >= 4 is 27.5 Å². The highest BCUT2D eigenvalue weighted by atomic mass is 35.5. The van der Waals surface area contributed by atoms with Crippen molar-refractivity contribution < 1.29 is 27.4 Å². The van der Waals surface area contributed by atoms with E-state index in [1.807, 2.05) is 17.9 Å². The highest BCUT2D eigenvalue weighted by molar-refractivity contribution is 7.89. The SMILES string of the molecule is COc1ccc(OC)c(S(=O)(=O)N2CCC[C@@](COc3ccc(Cl)c(C)c3)(CC(=O)N3CCCCC3)C2)c1. The van der Waals surface area contributed by atoms with E-state index in [4.69, 9.17) is 25.8 Å². The van der Waals surface area contributed by atoms with E-state index in [2.05, 4.69) is 0 Å².